The Kier molecular flexibility index (Phi) is 9.00. The molecule has 48 heavy (non-hydrogen) atoms. The van der Waals surface area contributed by atoms with Crippen molar-refractivity contribution >= 4 is 40.5 Å². The number of esters is 2. The van der Waals surface area contributed by atoms with E-state index in [4.69, 9.17) is 25.8 Å². The van der Waals surface area contributed by atoms with Crippen LogP contribution in [0.4, 0.5) is 14.6 Å². The van der Waals surface area contributed by atoms with E-state index in [0.717, 1.165) is 0 Å². The summed E-state index contributed by atoms with van der Waals surface area (Å²) < 4.78 is 46.5. The third kappa shape index (κ3) is 6.39. The molecule has 18 heteroatoms. The number of carbonyl (C=O) groups excluding carboxylic acids is 2. The molecule has 0 amide bonds. The van der Waals surface area contributed by atoms with Crippen LogP contribution >= 0.6 is 11.6 Å². The SMILES string of the molecule is CCn1nnc([C@H]2O[C@@H](n3cnc4c(NCC(O)(c5ccc(F)cc5)c5ccc(F)cc5)nc(Cl)nc43)[C@H](OC(C)=O)[C@@H]2OC(C)=O)n1. The average Bonchev–Trinajstić information content (AvgIpc) is 3.78. The average molecular weight is 684 g/mol. The van der Waals surface area contributed by atoms with E-state index in [2.05, 4.69) is 35.7 Å². The number of halogens is 3. The summed E-state index contributed by atoms with van der Waals surface area (Å²) in [5, 5.41) is 27.1. The maximum atomic E-state index is 13.8. The normalized spacial score (nSPS) is 19.4. The highest BCUT2D eigenvalue weighted by atomic mass is 35.5. The summed E-state index contributed by atoms with van der Waals surface area (Å²) in [4.78, 5) is 38.8. The molecule has 3 aromatic heterocycles. The third-order valence-electron chi connectivity index (χ3n) is 7.62. The molecular formula is C30H28ClF2N9O6. The van der Waals surface area contributed by atoms with E-state index < -0.39 is 53.7 Å². The molecule has 1 aliphatic rings. The predicted molar refractivity (Wildman–Crippen MR) is 162 cm³/mol. The lowest BCUT2D eigenvalue weighted by Crippen LogP contribution is -2.37. The van der Waals surface area contributed by atoms with Gasteiger partial charge in [0.05, 0.1) is 19.4 Å². The number of imidazole rings is 1. The minimum absolute atomic E-state index is 0.0862. The minimum Gasteiger partial charge on any atom is -0.455 e. The quantitative estimate of drug-likeness (QED) is 0.162. The molecule has 2 N–H and O–H groups in total. The Labute approximate surface area is 275 Å². The Morgan fingerprint density at radius 2 is 1.60 bits per heavy atom. The van der Waals surface area contributed by atoms with Gasteiger partial charge in [-0.3, -0.25) is 14.2 Å². The highest BCUT2D eigenvalue weighted by Gasteiger charge is 2.53. The molecule has 1 fully saturated rings. The number of aryl methyl sites for hydroxylation is 1. The van der Waals surface area contributed by atoms with Crippen molar-refractivity contribution in [3.63, 3.8) is 0 Å². The summed E-state index contributed by atoms with van der Waals surface area (Å²) in [7, 11) is 0. The van der Waals surface area contributed by atoms with Crippen molar-refractivity contribution in [1.29, 1.82) is 0 Å². The van der Waals surface area contributed by atoms with Gasteiger partial charge in [0.15, 0.2) is 41.5 Å². The standard InChI is InChI=1S/C30H28ClF2N9O6/c1-4-42-39-26(38-40-42)23-22(46-15(2)43)24(47-16(3)44)28(48-23)41-14-35-21-25(36-29(31)37-27(21)41)34-13-30(45,17-5-9-19(32)10-6-17)18-7-11-20(33)12-8-18/h5-12,14,22-24,28,45H,4,13H2,1-3H3,(H,34,36,37)/t22-,23+,24-,28-/m1/s1. The van der Waals surface area contributed by atoms with E-state index in [9.17, 15) is 23.5 Å². The Bertz CT molecular complexity index is 1910. The zero-order valence-corrected chi connectivity index (χ0v) is 26.4. The first-order valence-corrected chi connectivity index (χ1v) is 15.0. The van der Waals surface area contributed by atoms with Gasteiger partial charge in [0.2, 0.25) is 11.1 Å². The fourth-order valence-corrected chi connectivity index (χ4v) is 5.61. The van der Waals surface area contributed by atoms with E-state index in [1.165, 1.54) is 78.1 Å². The van der Waals surface area contributed by atoms with Crippen LogP contribution in [0.2, 0.25) is 5.28 Å². The number of rotatable bonds is 10. The van der Waals surface area contributed by atoms with Gasteiger partial charge in [-0.05, 0) is 59.1 Å². The van der Waals surface area contributed by atoms with Crippen LogP contribution in [0.1, 0.15) is 50.1 Å². The monoisotopic (exact) mass is 683 g/mol. The van der Waals surface area contributed by atoms with E-state index >= 15 is 0 Å². The molecular weight excluding hydrogens is 656 g/mol. The number of benzene rings is 2. The third-order valence-corrected chi connectivity index (χ3v) is 7.79. The largest absolute Gasteiger partial charge is 0.455 e. The maximum absolute atomic E-state index is 13.8. The van der Waals surface area contributed by atoms with Crippen molar-refractivity contribution in [3.05, 3.63) is 88.7 Å². The number of nitrogens with one attached hydrogen (secondary N) is 1. The van der Waals surface area contributed by atoms with Gasteiger partial charge in [-0.25, -0.2) is 13.8 Å². The topological polar surface area (TPSA) is 181 Å². The molecule has 0 spiro atoms. The van der Waals surface area contributed by atoms with Crippen molar-refractivity contribution < 1.29 is 37.7 Å². The van der Waals surface area contributed by atoms with E-state index in [1.54, 1.807) is 0 Å². The van der Waals surface area contributed by atoms with Crippen LogP contribution in [-0.4, -0.2) is 75.5 Å². The second kappa shape index (κ2) is 13.2. The first-order chi connectivity index (χ1) is 23.0. The number of anilines is 1. The summed E-state index contributed by atoms with van der Waals surface area (Å²) in [6.45, 7) is 4.36. The van der Waals surface area contributed by atoms with E-state index in [1.807, 2.05) is 6.92 Å². The Hall–Kier alpha value is -5.13. The highest BCUT2D eigenvalue weighted by Crippen LogP contribution is 2.42. The number of nitrogens with zero attached hydrogens (tertiary/aromatic N) is 8. The van der Waals surface area contributed by atoms with Crippen molar-refractivity contribution in [2.45, 2.75) is 57.5 Å². The smallest absolute Gasteiger partial charge is 0.303 e. The zero-order valence-electron chi connectivity index (χ0n) is 25.6. The van der Waals surface area contributed by atoms with Crippen LogP contribution in [-0.2, 0) is 35.9 Å². The van der Waals surface area contributed by atoms with E-state index in [0.29, 0.717) is 17.7 Å². The molecule has 6 rings (SSSR count). The lowest BCUT2D eigenvalue weighted by Gasteiger charge is -2.30. The summed E-state index contributed by atoms with van der Waals surface area (Å²) in [5.74, 6) is -2.19. The molecule has 0 unspecified atom stereocenters. The summed E-state index contributed by atoms with van der Waals surface area (Å²) in [6, 6.07) is 10.4. The maximum Gasteiger partial charge on any atom is 0.303 e. The Balaban J connectivity index is 1.38. The van der Waals surface area contributed by atoms with E-state index in [-0.39, 0.29) is 34.6 Å². The van der Waals surface area contributed by atoms with Crippen LogP contribution < -0.4 is 5.32 Å². The van der Waals surface area contributed by atoms with Crippen molar-refractivity contribution in [1.82, 2.24) is 39.7 Å². The van der Waals surface area contributed by atoms with Crippen LogP contribution in [0.25, 0.3) is 11.2 Å². The van der Waals surface area contributed by atoms with Gasteiger partial charge in [-0.2, -0.15) is 14.8 Å². The molecule has 4 atom stereocenters. The zero-order chi connectivity index (χ0) is 34.2. The number of aliphatic hydroxyl groups is 1. The van der Waals surface area contributed by atoms with Gasteiger partial charge in [-0.1, -0.05) is 24.3 Å². The number of fused-ring (bicyclic) bond motifs is 1. The summed E-state index contributed by atoms with van der Waals surface area (Å²) in [6.07, 6.45) is -3.32. The molecule has 15 nitrogen and oxygen atoms in total. The molecule has 0 bridgehead atoms. The number of hydrogen-bond acceptors (Lipinski definition) is 13. The van der Waals surface area contributed by atoms with Crippen molar-refractivity contribution in [2.75, 3.05) is 11.9 Å². The molecule has 1 aliphatic heterocycles. The fraction of sp³-hybridized carbons (Fsp3) is 0.333. The molecule has 1 saturated heterocycles. The van der Waals surface area contributed by atoms with Crippen LogP contribution in [0.5, 0.6) is 0 Å². The van der Waals surface area contributed by atoms with Crippen molar-refractivity contribution in [3.8, 4) is 0 Å². The first kappa shape index (κ1) is 32.8. The lowest BCUT2D eigenvalue weighted by atomic mass is 9.86. The van der Waals surface area contributed by atoms with Crippen molar-refractivity contribution in [2.24, 2.45) is 0 Å². The van der Waals surface area contributed by atoms with Gasteiger partial charge < -0.3 is 24.6 Å². The second-order valence-electron chi connectivity index (χ2n) is 10.8. The fourth-order valence-electron chi connectivity index (χ4n) is 5.45. The van der Waals surface area contributed by atoms with Gasteiger partial charge in [0.1, 0.15) is 17.2 Å². The predicted octanol–water partition coefficient (Wildman–Crippen LogP) is 3.25. The Morgan fingerprint density at radius 3 is 2.17 bits per heavy atom. The molecule has 0 saturated carbocycles. The van der Waals surface area contributed by atoms with Gasteiger partial charge in [0, 0.05) is 13.8 Å². The lowest BCUT2D eigenvalue weighted by molar-refractivity contribution is -0.165. The number of tetrazole rings is 1. The van der Waals surface area contributed by atoms with Gasteiger partial charge in [0.25, 0.3) is 0 Å². The number of carbonyl (C=O) groups is 2. The number of ether oxygens (including phenoxy) is 3. The molecule has 250 valence electrons. The first-order valence-electron chi connectivity index (χ1n) is 14.6. The molecule has 0 radical (unpaired) electrons. The summed E-state index contributed by atoms with van der Waals surface area (Å²) >= 11 is 6.36. The number of aromatic nitrogens is 8. The van der Waals surface area contributed by atoms with Gasteiger partial charge >= 0.3 is 11.9 Å². The van der Waals surface area contributed by atoms with Crippen LogP contribution in [0.15, 0.2) is 54.9 Å². The number of hydrogen-bond donors (Lipinski definition) is 2. The van der Waals surface area contributed by atoms with Gasteiger partial charge in [-0.15, -0.1) is 10.2 Å². The summed E-state index contributed by atoms with van der Waals surface area (Å²) in [5.41, 5.74) is -0.878. The van der Waals surface area contributed by atoms with Crippen LogP contribution in [0.3, 0.4) is 0 Å². The Morgan fingerprint density at radius 1 is 1.00 bits per heavy atom. The van der Waals surface area contributed by atoms with Crippen LogP contribution in [0, 0.1) is 11.6 Å². The highest BCUT2D eigenvalue weighted by molar-refractivity contribution is 6.28. The molecule has 4 heterocycles. The molecule has 2 aromatic carbocycles. The molecule has 5 aromatic rings. The minimum atomic E-state index is -1.80. The molecule has 0 aliphatic carbocycles. The second-order valence-corrected chi connectivity index (χ2v) is 11.2.